The summed E-state index contributed by atoms with van der Waals surface area (Å²) in [5.41, 5.74) is 1.55. The first-order chi connectivity index (χ1) is 12.3. The summed E-state index contributed by atoms with van der Waals surface area (Å²) >= 11 is 0. The lowest BCUT2D eigenvalue weighted by molar-refractivity contribution is -0.119. The van der Waals surface area contributed by atoms with Crippen molar-refractivity contribution in [2.75, 3.05) is 13.1 Å². The molecule has 0 bridgehead atoms. The second-order valence-electron chi connectivity index (χ2n) is 8.37. The predicted octanol–water partition coefficient (Wildman–Crippen LogP) is 4.09. The number of nitrogens with zero attached hydrogens (tertiary/aromatic N) is 3. The molecule has 1 aliphatic heterocycles. The highest BCUT2D eigenvalue weighted by molar-refractivity contribution is 5.92. The monoisotopic (exact) mass is 355 g/mol. The zero-order valence-electron chi connectivity index (χ0n) is 16.3. The third-order valence-electron chi connectivity index (χ3n) is 4.88. The van der Waals surface area contributed by atoms with Crippen molar-refractivity contribution < 1.29 is 9.53 Å². The maximum absolute atomic E-state index is 13.1. The summed E-state index contributed by atoms with van der Waals surface area (Å²) in [7, 11) is 0. The average molecular weight is 355 g/mol. The van der Waals surface area contributed by atoms with Gasteiger partial charge in [-0.3, -0.25) is 9.48 Å². The molecule has 1 fully saturated rings. The van der Waals surface area contributed by atoms with Gasteiger partial charge in [0.25, 0.3) is 5.91 Å². The molecular weight excluding hydrogens is 326 g/mol. The molecule has 1 aromatic heterocycles. The molecule has 1 amide bonds. The van der Waals surface area contributed by atoms with Crippen molar-refractivity contribution in [3.8, 4) is 0 Å². The van der Waals surface area contributed by atoms with E-state index in [4.69, 9.17) is 4.74 Å². The summed E-state index contributed by atoms with van der Waals surface area (Å²) in [6.45, 7) is 11.7. The first kappa shape index (κ1) is 18.6. The number of aromatic nitrogens is 2. The Morgan fingerprint density at radius 1 is 1.15 bits per heavy atom. The average Bonchev–Trinajstić information content (AvgIpc) is 3.11. The molecule has 2 aromatic rings. The van der Waals surface area contributed by atoms with Gasteiger partial charge in [0, 0.05) is 18.8 Å². The fraction of sp³-hybridized carbons (Fsp3) is 0.524. The Morgan fingerprint density at radius 2 is 1.85 bits per heavy atom. The Hall–Kier alpha value is -2.14. The largest absolute Gasteiger partial charge is 0.366 e. The third kappa shape index (κ3) is 3.98. The highest BCUT2D eigenvalue weighted by Gasteiger charge is 2.38. The molecule has 5 nitrogen and oxygen atoms in total. The Balaban J connectivity index is 1.85. The number of benzene rings is 1. The Kier molecular flexibility index (Phi) is 5.19. The Morgan fingerprint density at radius 3 is 2.42 bits per heavy atom. The highest BCUT2D eigenvalue weighted by Crippen LogP contribution is 2.33. The van der Waals surface area contributed by atoms with Gasteiger partial charge in [0.05, 0.1) is 12.6 Å². The molecule has 0 unspecified atom stereocenters. The summed E-state index contributed by atoms with van der Waals surface area (Å²) in [5, 5.41) is 4.45. The van der Waals surface area contributed by atoms with Crippen LogP contribution in [0.4, 0.5) is 0 Å². The first-order valence-electron chi connectivity index (χ1n) is 9.30. The molecule has 0 aliphatic carbocycles. The number of hydrogen-bond donors (Lipinski definition) is 0. The highest BCUT2D eigenvalue weighted by atomic mass is 16.5. The Bertz CT molecular complexity index is 746. The molecule has 2 heterocycles. The van der Waals surface area contributed by atoms with Gasteiger partial charge in [-0.25, -0.2) is 0 Å². The number of rotatable bonds is 3. The van der Waals surface area contributed by atoms with Crippen LogP contribution in [0.5, 0.6) is 0 Å². The van der Waals surface area contributed by atoms with Crippen molar-refractivity contribution >= 4 is 5.91 Å². The summed E-state index contributed by atoms with van der Waals surface area (Å²) in [6, 6.07) is 12.2. The molecule has 1 aromatic carbocycles. The van der Waals surface area contributed by atoms with Gasteiger partial charge in [0.1, 0.15) is 11.8 Å². The van der Waals surface area contributed by atoms with Crippen molar-refractivity contribution in [1.29, 1.82) is 0 Å². The summed E-state index contributed by atoms with van der Waals surface area (Å²) in [5.74, 6) is -0.0251. The van der Waals surface area contributed by atoms with E-state index in [1.807, 2.05) is 34.0 Å². The second kappa shape index (κ2) is 7.23. The number of amides is 1. The van der Waals surface area contributed by atoms with E-state index in [1.165, 1.54) is 0 Å². The molecule has 2 atom stereocenters. The van der Waals surface area contributed by atoms with E-state index in [-0.39, 0.29) is 29.6 Å². The van der Waals surface area contributed by atoms with Crippen LogP contribution >= 0.6 is 0 Å². The van der Waals surface area contributed by atoms with E-state index in [1.54, 1.807) is 6.07 Å². The Labute approximate surface area is 156 Å². The fourth-order valence-electron chi connectivity index (χ4n) is 3.16. The molecule has 1 aliphatic rings. The number of ether oxygens (including phenoxy) is 1. The number of carbonyl (C=O) groups excluding carboxylic acids is 1. The number of carbonyl (C=O) groups is 1. The molecule has 0 saturated carbocycles. The molecular formula is C21H29N3O2. The van der Waals surface area contributed by atoms with Gasteiger partial charge in [0.2, 0.25) is 0 Å². The van der Waals surface area contributed by atoms with Gasteiger partial charge < -0.3 is 9.64 Å². The van der Waals surface area contributed by atoms with Crippen LogP contribution in [0.15, 0.2) is 42.6 Å². The van der Waals surface area contributed by atoms with Gasteiger partial charge in [-0.15, -0.1) is 0 Å². The summed E-state index contributed by atoms with van der Waals surface area (Å²) < 4.78 is 8.20. The SMILES string of the molecule is CC(C)n1ccc(C(=O)N2C[C@@H](c3ccccc3)O[C@@H](C(C)(C)C)C2)n1. The van der Waals surface area contributed by atoms with E-state index in [2.05, 4.69) is 51.9 Å². The lowest BCUT2D eigenvalue weighted by Gasteiger charge is -2.43. The smallest absolute Gasteiger partial charge is 0.274 e. The molecule has 0 N–H and O–H groups in total. The maximum Gasteiger partial charge on any atom is 0.274 e. The van der Waals surface area contributed by atoms with Gasteiger partial charge in [-0.05, 0) is 30.9 Å². The van der Waals surface area contributed by atoms with E-state index in [9.17, 15) is 4.79 Å². The molecule has 5 heteroatoms. The topological polar surface area (TPSA) is 47.4 Å². The zero-order valence-corrected chi connectivity index (χ0v) is 16.3. The van der Waals surface area contributed by atoms with Crippen LogP contribution in [0.25, 0.3) is 0 Å². The van der Waals surface area contributed by atoms with Crippen LogP contribution in [0.3, 0.4) is 0 Å². The normalized spacial score (nSPS) is 21.2. The third-order valence-corrected chi connectivity index (χ3v) is 4.88. The van der Waals surface area contributed by atoms with Crippen molar-refractivity contribution in [1.82, 2.24) is 14.7 Å². The van der Waals surface area contributed by atoms with Crippen LogP contribution in [-0.2, 0) is 4.74 Å². The summed E-state index contributed by atoms with van der Waals surface area (Å²) in [4.78, 5) is 15.0. The molecule has 3 rings (SSSR count). The van der Waals surface area contributed by atoms with E-state index < -0.39 is 0 Å². The quantitative estimate of drug-likeness (QED) is 0.833. The zero-order chi connectivity index (χ0) is 18.9. The molecule has 0 spiro atoms. The lowest BCUT2D eigenvalue weighted by atomic mass is 9.87. The van der Waals surface area contributed by atoms with Crippen LogP contribution in [-0.4, -0.2) is 39.8 Å². The maximum atomic E-state index is 13.1. The van der Waals surface area contributed by atoms with Crippen LogP contribution < -0.4 is 0 Å². The molecule has 0 radical (unpaired) electrons. The predicted molar refractivity (Wildman–Crippen MR) is 102 cm³/mol. The molecule has 1 saturated heterocycles. The molecule has 26 heavy (non-hydrogen) atoms. The van der Waals surface area contributed by atoms with E-state index >= 15 is 0 Å². The second-order valence-corrected chi connectivity index (χ2v) is 8.37. The standard InChI is InChI=1S/C21H29N3O2/c1-15(2)24-12-11-17(22-24)20(25)23-13-18(16-9-7-6-8-10-16)26-19(14-23)21(3,4)5/h6-12,15,18-19H,13-14H2,1-5H3/t18-,19+/m0/s1. The van der Waals surface area contributed by atoms with Crippen molar-refractivity contribution in [3.05, 3.63) is 53.9 Å². The van der Waals surface area contributed by atoms with Crippen LogP contribution in [0, 0.1) is 5.41 Å². The first-order valence-corrected chi connectivity index (χ1v) is 9.30. The van der Waals surface area contributed by atoms with E-state index in [0.29, 0.717) is 18.8 Å². The minimum absolute atomic E-state index is 0.0251. The molecule has 140 valence electrons. The van der Waals surface area contributed by atoms with Gasteiger partial charge in [-0.1, -0.05) is 51.1 Å². The van der Waals surface area contributed by atoms with E-state index in [0.717, 1.165) is 5.56 Å². The van der Waals surface area contributed by atoms with Crippen LogP contribution in [0.2, 0.25) is 0 Å². The number of morpholine rings is 1. The minimum Gasteiger partial charge on any atom is -0.366 e. The van der Waals surface area contributed by atoms with Crippen LogP contribution in [0.1, 0.15) is 62.8 Å². The minimum atomic E-state index is -0.120. The van der Waals surface area contributed by atoms with Crippen molar-refractivity contribution in [3.63, 3.8) is 0 Å². The summed E-state index contributed by atoms with van der Waals surface area (Å²) in [6.07, 6.45) is 1.72. The van der Waals surface area contributed by atoms with Gasteiger partial charge >= 0.3 is 0 Å². The fourth-order valence-corrected chi connectivity index (χ4v) is 3.16. The van der Waals surface area contributed by atoms with Gasteiger partial charge in [0.15, 0.2) is 0 Å². The van der Waals surface area contributed by atoms with Gasteiger partial charge in [-0.2, -0.15) is 5.10 Å². The number of hydrogen-bond acceptors (Lipinski definition) is 3. The van der Waals surface area contributed by atoms with Crippen molar-refractivity contribution in [2.24, 2.45) is 5.41 Å². The lowest BCUT2D eigenvalue weighted by Crippen LogP contribution is -2.51. The van der Waals surface area contributed by atoms with Crippen molar-refractivity contribution in [2.45, 2.75) is 52.9 Å².